The lowest BCUT2D eigenvalue weighted by atomic mass is 9.93. The maximum Gasteiger partial charge on any atom is 0.129 e. The molecule has 132 valence electrons. The van der Waals surface area contributed by atoms with E-state index in [1.165, 1.54) is 0 Å². The van der Waals surface area contributed by atoms with Crippen molar-refractivity contribution in [1.29, 1.82) is 0 Å². The van der Waals surface area contributed by atoms with Gasteiger partial charge < -0.3 is 10.6 Å². The highest BCUT2D eigenvalue weighted by molar-refractivity contribution is 6.42. The van der Waals surface area contributed by atoms with E-state index >= 15 is 0 Å². The van der Waals surface area contributed by atoms with Crippen LogP contribution < -0.4 is 10.6 Å². The second-order valence-corrected chi connectivity index (χ2v) is 6.97. The summed E-state index contributed by atoms with van der Waals surface area (Å²) in [6.45, 7) is 9.39. The minimum absolute atomic E-state index is 0.109. The minimum atomic E-state index is -0.109. The average molecular weight is 377 g/mol. The molecular weight excluding hydrogens is 355 g/mol. The first-order valence-electron chi connectivity index (χ1n) is 8.42. The molecule has 0 spiro atoms. The zero-order valence-electron chi connectivity index (χ0n) is 14.4. The van der Waals surface area contributed by atoms with Crippen LogP contribution in [0.5, 0.6) is 0 Å². The van der Waals surface area contributed by atoms with Crippen LogP contribution in [0, 0.1) is 0 Å². The Morgan fingerprint density at radius 1 is 1.32 bits per heavy atom. The molecule has 6 heteroatoms. The van der Waals surface area contributed by atoms with Gasteiger partial charge in [0.1, 0.15) is 11.9 Å². The number of benzene rings is 1. The second-order valence-electron chi connectivity index (χ2n) is 6.16. The predicted octanol–water partition coefficient (Wildman–Crippen LogP) is 5.38. The van der Waals surface area contributed by atoms with E-state index in [-0.39, 0.29) is 6.04 Å². The van der Waals surface area contributed by atoms with E-state index in [4.69, 9.17) is 23.2 Å². The van der Waals surface area contributed by atoms with Gasteiger partial charge in [-0.3, -0.25) is 0 Å². The van der Waals surface area contributed by atoms with Crippen molar-refractivity contribution >= 4 is 29.0 Å². The highest BCUT2D eigenvalue weighted by Gasteiger charge is 2.30. The van der Waals surface area contributed by atoms with Gasteiger partial charge in [0.2, 0.25) is 0 Å². The fraction of sp³-hybridized carbons (Fsp3) is 0.316. The SMILES string of the molecule is C=C(NCCCC)C1=C(C)Nc2ccnn2C1c1ccc(Cl)c(Cl)c1. The molecule has 1 aliphatic rings. The van der Waals surface area contributed by atoms with E-state index < -0.39 is 0 Å². The maximum absolute atomic E-state index is 6.27. The first-order chi connectivity index (χ1) is 12.0. The van der Waals surface area contributed by atoms with Crippen LogP contribution in [-0.4, -0.2) is 16.3 Å². The number of nitrogens with one attached hydrogen (secondary N) is 2. The number of aromatic nitrogens is 2. The average Bonchev–Trinajstić information content (AvgIpc) is 3.04. The van der Waals surface area contributed by atoms with Crippen LogP contribution >= 0.6 is 23.2 Å². The molecule has 1 atom stereocenters. The summed E-state index contributed by atoms with van der Waals surface area (Å²) in [5, 5.41) is 12.4. The summed E-state index contributed by atoms with van der Waals surface area (Å²) in [4.78, 5) is 0. The standard InChI is InChI=1S/C19H22Cl2N4/c1-4-5-9-22-12(2)18-13(3)24-17-8-10-23-25(17)19(18)14-6-7-15(20)16(21)11-14/h6-8,10-11,19,22,24H,2,4-5,9H2,1,3H3. The molecule has 1 unspecified atom stereocenters. The molecule has 25 heavy (non-hydrogen) atoms. The highest BCUT2D eigenvalue weighted by Crippen LogP contribution is 2.39. The molecule has 2 heterocycles. The van der Waals surface area contributed by atoms with Crippen LogP contribution in [0.4, 0.5) is 5.82 Å². The Balaban J connectivity index is 2.03. The molecule has 3 rings (SSSR count). The first kappa shape index (κ1) is 17.9. The summed E-state index contributed by atoms with van der Waals surface area (Å²) in [7, 11) is 0. The quantitative estimate of drug-likeness (QED) is 0.664. The summed E-state index contributed by atoms with van der Waals surface area (Å²) in [6.07, 6.45) is 4.02. The number of anilines is 1. The van der Waals surface area contributed by atoms with Crippen molar-refractivity contribution in [1.82, 2.24) is 15.1 Å². The molecule has 4 nitrogen and oxygen atoms in total. The molecular formula is C19H22Cl2N4. The minimum Gasteiger partial charge on any atom is -0.385 e. The second kappa shape index (κ2) is 7.54. The van der Waals surface area contributed by atoms with E-state index in [0.29, 0.717) is 10.0 Å². The van der Waals surface area contributed by atoms with Gasteiger partial charge in [0.15, 0.2) is 0 Å². The monoisotopic (exact) mass is 376 g/mol. The molecule has 1 aromatic carbocycles. The number of hydrogen-bond donors (Lipinski definition) is 2. The lowest BCUT2D eigenvalue weighted by Crippen LogP contribution is -2.29. The van der Waals surface area contributed by atoms with E-state index in [9.17, 15) is 0 Å². The van der Waals surface area contributed by atoms with Crippen molar-refractivity contribution in [2.75, 3.05) is 11.9 Å². The Kier molecular flexibility index (Phi) is 5.40. The van der Waals surface area contributed by atoms with E-state index in [0.717, 1.165) is 47.7 Å². The van der Waals surface area contributed by atoms with Gasteiger partial charge in [0.05, 0.1) is 16.2 Å². The molecule has 0 saturated heterocycles. The number of nitrogens with zero attached hydrogens (tertiary/aromatic N) is 2. The smallest absolute Gasteiger partial charge is 0.129 e. The largest absolute Gasteiger partial charge is 0.385 e. The van der Waals surface area contributed by atoms with Crippen molar-refractivity contribution < 1.29 is 0 Å². The molecule has 0 saturated carbocycles. The van der Waals surface area contributed by atoms with Gasteiger partial charge in [-0.15, -0.1) is 0 Å². The summed E-state index contributed by atoms with van der Waals surface area (Å²) in [5.74, 6) is 0.943. The molecule has 0 aliphatic carbocycles. The van der Waals surface area contributed by atoms with Crippen LogP contribution in [-0.2, 0) is 0 Å². The Morgan fingerprint density at radius 3 is 2.84 bits per heavy atom. The van der Waals surface area contributed by atoms with Crippen molar-refractivity contribution in [2.45, 2.75) is 32.7 Å². The lowest BCUT2D eigenvalue weighted by Gasteiger charge is -2.32. The van der Waals surface area contributed by atoms with Gasteiger partial charge in [-0.1, -0.05) is 49.2 Å². The van der Waals surface area contributed by atoms with Gasteiger partial charge in [0, 0.05) is 29.6 Å². The van der Waals surface area contributed by atoms with Gasteiger partial charge in [-0.05, 0) is 31.0 Å². The Hall–Kier alpha value is -1.91. The van der Waals surface area contributed by atoms with Crippen LogP contribution in [0.15, 0.2) is 54.0 Å². The van der Waals surface area contributed by atoms with Crippen LogP contribution in [0.2, 0.25) is 10.0 Å². The van der Waals surface area contributed by atoms with Gasteiger partial charge in [0.25, 0.3) is 0 Å². The molecule has 2 N–H and O–H groups in total. The molecule has 0 amide bonds. The molecule has 0 bridgehead atoms. The third-order valence-electron chi connectivity index (χ3n) is 4.36. The Labute approximate surface area is 158 Å². The van der Waals surface area contributed by atoms with Crippen molar-refractivity contribution in [3.05, 3.63) is 69.6 Å². The molecule has 0 fully saturated rings. The summed E-state index contributed by atoms with van der Waals surface area (Å²) >= 11 is 12.4. The fourth-order valence-electron chi connectivity index (χ4n) is 3.10. The van der Waals surface area contributed by atoms with Crippen molar-refractivity contribution in [2.24, 2.45) is 0 Å². The number of hydrogen-bond acceptors (Lipinski definition) is 3. The normalized spacial score (nSPS) is 16.4. The number of allylic oxidation sites excluding steroid dienone is 2. The fourth-order valence-corrected chi connectivity index (χ4v) is 3.41. The van der Waals surface area contributed by atoms with Gasteiger partial charge >= 0.3 is 0 Å². The molecule has 1 aliphatic heterocycles. The first-order valence-corrected chi connectivity index (χ1v) is 9.18. The van der Waals surface area contributed by atoms with E-state index in [2.05, 4.69) is 36.2 Å². The van der Waals surface area contributed by atoms with E-state index in [1.54, 1.807) is 6.20 Å². The molecule has 1 aromatic heterocycles. The third kappa shape index (κ3) is 3.55. The van der Waals surface area contributed by atoms with E-state index in [1.807, 2.05) is 28.9 Å². The molecule has 2 aromatic rings. The van der Waals surface area contributed by atoms with Crippen molar-refractivity contribution in [3.63, 3.8) is 0 Å². The predicted molar refractivity (Wildman–Crippen MR) is 105 cm³/mol. The maximum atomic E-state index is 6.27. The van der Waals surface area contributed by atoms with Crippen molar-refractivity contribution in [3.8, 4) is 0 Å². The van der Waals surface area contributed by atoms with Crippen LogP contribution in [0.25, 0.3) is 0 Å². The Morgan fingerprint density at radius 2 is 2.12 bits per heavy atom. The Bertz CT molecular complexity index is 823. The zero-order valence-corrected chi connectivity index (χ0v) is 16.0. The molecule has 0 radical (unpaired) electrons. The zero-order chi connectivity index (χ0) is 18.0. The summed E-state index contributed by atoms with van der Waals surface area (Å²) < 4.78 is 1.95. The summed E-state index contributed by atoms with van der Waals surface area (Å²) in [5.41, 5.74) is 4.05. The topological polar surface area (TPSA) is 41.9 Å². The lowest BCUT2D eigenvalue weighted by molar-refractivity contribution is 0.569. The number of fused-ring (bicyclic) bond motifs is 1. The van der Waals surface area contributed by atoms with Gasteiger partial charge in [-0.25, -0.2) is 4.68 Å². The summed E-state index contributed by atoms with van der Waals surface area (Å²) in [6, 6.07) is 7.56. The van der Waals surface area contributed by atoms with Gasteiger partial charge in [-0.2, -0.15) is 5.10 Å². The van der Waals surface area contributed by atoms with Crippen LogP contribution in [0.3, 0.4) is 0 Å². The number of halogens is 2. The number of rotatable bonds is 6. The highest BCUT2D eigenvalue weighted by atomic mass is 35.5. The number of unbranched alkanes of at least 4 members (excludes halogenated alkanes) is 1. The third-order valence-corrected chi connectivity index (χ3v) is 5.10. The van der Waals surface area contributed by atoms with Crippen LogP contribution in [0.1, 0.15) is 38.3 Å².